The van der Waals surface area contributed by atoms with Crippen molar-refractivity contribution in [1.82, 2.24) is 4.57 Å². The molecule has 4 rings (SSSR count). The Hall–Kier alpha value is -4.30. The van der Waals surface area contributed by atoms with Crippen molar-refractivity contribution in [2.45, 2.75) is 27.4 Å². The van der Waals surface area contributed by atoms with E-state index in [0.29, 0.717) is 12.2 Å². The van der Waals surface area contributed by atoms with Gasteiger partial charge in [0.15, 0.2) is 0 Å². The fraction of sp³-hybridized carbons (Fsp3) is 0.172. The highest BCUT2D eigenvalue weighted by Gasteiger charge is 2.17. The van der Waals surface area contributed by atoms with Gasteiger partial charge < -0.3 is 14.1 Å². The molecular formula is C29H27N3O2. The Bertz CT molecular complexity index is 1380. The van der Waals surface area contributed by atoms with Crippen LogP contribution in [-0.4, -0.2) is 17.4 Å². The zero-order chi connectivity index (χ0) is 24.1. The Kier molecular flexibility index (Phi) is 6.79. The lowest BCUT2D eigenvalue weighted by Crippen LogP contribution is -2.03. The Balaban J connectivity index is 1.70. The number of benzene rings is 3. The summed E-state index contributed by atoms with van der Waals surface area (Å²) >= 11 is 0. The first-order valence-corrected chi connectivity index (χ1v) is 11.1. The maximum Gasteiger partial charge on any atom is 0.142 e. The third-order valence-corrected chi connectivity index (χ3v) is 5.78. The summed E-state index contributed by atoms with van der Waals surface area (Å²) in [7, 11) is 1.68. The van der Waals surface area contributed by atoms with Crippen LogP contribution >= 0.6 is 0 Å². The van der Waals surface area contributed by atoms with Gasteiger partial charge in [0.2, 0.25) is 0 Å². The normalized spacial score (nSPS) is 11.2. The van der Waals surface area contributed by atoms with Crippen LogP contribution in [0.25, 0.3) is 16.9 Å². The van der Waals surface area contributed by atoms with E-state index in [0.717, 1.165) is 45.2 Å². The van der Waals surface area contributed by atoms with Gasteiger partial charge >= 0.3 is 0 Å². The van der Waals surface area contributed by atoms with Gasteiger partial charge in [-0.3, -0.25) is 0 Å². The molecule has 3 aromatic carbocycles. The molecule has 5 nitrogen and oxygen atoms in total. The summed E-state index contributed by atoms with van der Waals surface area (Å²) in [5, 5.41) is 13.4. The maximum atomic E-state index is 8.95. The first-order valence-electron chi connectivity index (χ1n) is 11.1. The summed E-state index contributed by atoms with van der Waals surface area (Å²) in [5.41, 5.74) is 8.86. The number of aromatic nitrogens is 1. The highest BCUT2D eigenvalue weighted by molar-refractivity contribution is 6.01. The fourth-order valence-electron chi connectivity index (χ4n) is 4.00. The van der Waals surface area contributed by atoms with Crippen LogP contribution in [0.15, 0.2) is 84.0 Å². The first-order chi connectivity index (χ1) is 16.5. The molecule has 0 saturated carbocycles. The molecule has 0 bridgehead atoms. The summed E-state index contributed by atoms with van der Waals surface area (Å²) in [6, 6.07) is 28.1. The van der Waals surface area contributed by atoms with E-state index in [1.807, 2.05) is 37.3 Å². The molecule has 0 N–H and O–H groups in total. The zero-order valence-electron chi connectivity index (χ0n) is 19.9. The van der Waals surface area contributed by atoms with Gasteiger partial charge in [-0.2, -0.15) is 5.26 Å². The minimum absolute atomic E-state index is 0.337. The summed E-state index contributed by atoms with van der Waals surface area (Å²) in [5.74, 6) is 0.810. The molecule has 5 heteroatoms. The second kappa shape index (κ2) is 10.1. The Labute approximate surface area is 200 Å². The predicted molar refractivity (Wildman–Crippen MR) is 135 cm³/mol. The largest absolute Gasteiger partial charge is 0.497 e. The van der Waals surface area contributed by atoms with Crippen LogP contribution in [0.5, 0.6) is 5.75 Å². The molecule has 0 saturated heterocycles. The topological polar surface area (TPSA) is 59.5 Å². The van der Waals surface area contributed by atoms with Gasteiger partial charge in [0.25, 0.3) is 0 Å². The van der Waals surface area contributed by atoms with E-state index in [2.05, 4.69) is 66.0 Å². The quantitative estimate of drug-likeness (QED) is 0.236. The van der Waals surface area contributed by atoms with E-state index in [1.165, 1.54) is 5.56 Å². The van der Waals surface area contributed by atoms with Gasteiger partial charge in [-0.15, -0.1) is 0 Å². The molecule has 0 radical (unpaired) electrons. The summed E-state index contributed by atoms with van der Waals surface area (Å²) in [4.78, 5) is 5.66. The SMILES string of the molecule is COc1cccc(-c2cc(/C(C)=N\OCc3ccc(C#N)cc3)c(C)n2-c2cccc(C)c2)c1. The molecular weight excluding hydrogens is 422 g/mol. The van der Waals surface area contributed by atoms with Gasteiger partial charge in [0.1, 0.15) is 12.4 Å². The highest BCUT2D eigenvalue weighted by Crippen LogP contribution is 2.32. The van der Waals surface area contributed by atoms with Crippen molar-refractivity contribution in [2.24, 2.45) is 5.16 Å². The van der Waals surface area contributed by atoms with Crippen molar-refractivity contribution < 1.29 is 9.57 Å². The third kappa shape index (κ3) is 4.87. The molecule has 170 valence electrons. The number of rotatable bonds is 7. The Morgan fingerprint density at radius 2 is 1.74 bits per heavy atom. The minimum Gasteiger partial charge on any atom is -0.497 e. The lowest BCUT2D eigenvalue weighted by atomic mass is 10.1. The van der Waals surface area contributed by atoms with Gasteiger partial charge in [-0.05, 0) is 74.4 Å². The van der Waals surface area contributed by atoms with Crippen LogP contribution < -0.4 is 4.74 Å². The van der Waals surface area contributed by atoms with Crippen LogP contribution in [0.3, 0.4) is 0 Å². The molecule has 1 heterocycles. The predicted octanol–water partition coefficient (Wildman–Crippen LogP) is 6.58. The van der Waals surface area contributed by atoms with E-state index in [-0.39, 0.29) is 0 Å². The van der Waals surface area contributed by atoms with E-state index >= 15 is 0 Å². The summed E-state index contributed by atoms with van der Waals surface area (Å²) in [6.45, 7) is 6.49. The van der Waals surface area contributed by atoms with E-state index in [9.17, 15) is 0 Å². The molecule has 0 unspecified atom stereocenters. The van der Waals surface area contributed by atoms with Crippen molar-refractivity contribution in [3.05, 3.63) is 107 Å². The molecule has 0 aliphatic rings. The lowest BCUT2D eigenvalue weighted by Gasteiger charge is -2.14. The Morgan fingerprint density at radius 1 is 0.971 bits per heavy atom. The molecule has 0 aliphatic heterocycles. The number of oxime groups is 1. The number of hydrogen-bond acceptors (Lipinski definition) is 4. The van der Waals surface area contributed by atoms with E-state index < -0.39 is 0 Å². The minimum atomic E-state index is 0.337. The Morgan fingerprint density at radius 3 is 2.44 bits per heavy atom. The monoisotopic (exact) mass is 449 g/mol. The van der Waals surface area contributed by atoms with Crippen molar-refractivity contribution >= 4 is 5.71 Å². The van der Waals surface area contributed by atoms with Gasteiger partial charge in [-0.1, -0.05) is 41.6 Å². The number of aryl methyl sites for hydroxylation is 1. The standard InChI is InChI=1S/C29H27N3O2/c1-20-7-5-9-26(15-20)32-22(3)28(17-29(32)25-8-6-10-27(16-25)33-4)21(2)31-34-19-24-13-11-23(18-30)12-14-24/h5-17H,19H2,1-4H3/b31-21-. The first kappa shape index (κ1) is 22.9. The molecule has 0 atom stereocenters. The van der Waals surface area contributed by atoms with Gasteiger partial charge in [0.05, 0.1) is 30.1 Å². The molecule has 0 aliphatic carbocycles. The number of nitrogens with zero attached hydrogens (tertiary/aromatic N) is 3. The number of nitriles is 1. The number of ether oxygens (including phenoxy) is 1. The summed E-state index contributed by atoms with van der Waals surface area (Å²) in [6.07, 6.45) is 0. The smallest absolute Gasteiger partial charge is 0.142 e. The molecule has 0 amide bonds. The zero-order valence-corrected chi connectivity index (χ0v) is 19.9. The van der Waals surface area contributed by atoms with Gasteiger partial charge in [-0.25, -0.2) is 0 Å². The van der Waals surface area contributed by atoms with Crippen molar-refractivity contribution in [3.8, 4) is 28.8 Å². The van der Waals surface area contributed by atoms with Crippen LogP contribution in [0, 0.1) is 25.2 Å². The van der Waals surface area contributed by atoms with Crippen LogP contribution in [-0.2, 0) is 11.4 Å². The van der Waals surface area contributed by atoms with Gasteiger partial charge in [0, 0.05) is 22.5 Å². The molecule has 4 aromatic rings. The van der Waals surface area contributed by atoms with Crippen LogP contribution in [0.1, 0.15) is 34.9 Å². The van der Waals surface area contributed by atoms with Crippen molar-refractivity contribution in [3.63, 3.8) is 0 Å². The van der Waals surface area contributed by atoms with Crippen molar-refractivity contribution in [1.29, 1.82) is 5.26 Å². The average Bonchev–Trinajstić information content (AvgIpc) is 3.21. The number of hydrogen-bond donors (Lipinski definition) is 0. The fourth-order valence-corrected chi connectivity index (χ4v) is 4.00. The second-order valence-electron chi connectivity index (χ2n) is 8.19. The molecule has 34 heavy (non-hydrogen) atoms. The third-order valence-electron chi connectivity index (χ3n) is 5.78. The molecule has 1 aromatic heterocycles. The average molecular weight is 450 g/mol. The van der Waals surface area contributed by atoms with Crippen LogP contribution in [0.4, 0.5) is 0 Å². The van der Waals surface area contributed by atoms with Crippen LogP contribution in [0.2, 0.25) is 0 Å². The molecule has 0 spiro atoms. The van der Waals surface area contributed by atoms with E-state index in [1.54, 1.807) is 19.2 Å². The maximum absolute atomic E-state index is 8.95. The molecule has 0 fully saturated rings. The summed E-state index contributed by atoms with van der Waals surface area (Å²) < 4.78 is 7.71. The second-order valence-corrected chi connectivity index (χ2v) is 8.19. The highest BCUT2D eigenvalue weighted by atomic mass is 16.6. The lowest BCUT2D eigenvalue weighted by molar-refractivity contribution is 0.130. The number of methoxy groups -OCH3 is 1. The van der Waals surface area contributed by atoms with Crippen molar-refractivity contribution in [2.75, 3.05) is 7.11 Å². The van der Waals surface area contributed by atoms with E-state index in [4.69, 9.17) is 14.8 Å².